The van der Waals surface area contributed by atoms with Crippen molar-refractivity contribution in [3.05, 3.63) is 53.4 Å². The molecule has 31 heavy (non-hydrogen) atoms. The van der Waals surface area contributed by atoms with Crippen molar-refractivity contribution in [1.29, 1.82) is 0 Å². The number of ether oxygens (including phenoxy) is 2. The van der Waals surface area contributed by atoms with Gasteiger partial charge < -0.3 is 9.47 Å². The number of hydrogen-bond acceptors (Lipinski definition) is 6. The maximum Gasteiger partial charge on any atom is 0.187 e. The Morgan fingerprint density at radius 2 is 2.10 bits per heavy atom. The van der Waals surface area contributed by atoms with Crippen molar-refractivity contribution in [2.75, 3.05) is 39.1 Å². The van der Waals surface area contributed by atoms with Crippen molar-refractivity contribution >= 4 is 17.8 Å². The second kappa shape index (κ2) is 11.1. The molecule has 1 aromatic carbocycles. The van der Waals surface area contributed by atoms with Gasteiger partial charge in [0.2, 0.25) is 0 Å². The van der Waals surface area contributed by atoms with Gasteiger partial charge in [0, 0.05) is 37.6 Å². The van der Waals surface area contributed by atoms with E-state index in [1.165, 1.54) is 36.1 Å². The molecule has 2 atom stereocenters. The molecule has 4 rings (SSSR count). The van der Waals surface area contributed by atoms with Gasteiger partial charge in [0.25, 0.3) is 0 Å². The fourth-order valence-electron chi connectivity index (χ4n) is 4.36. The highest BCUT2D eigenvalue weighted by atomic mass is 32.2. The molecular weight excluding hydrogens is 406 g/mol. The predicted molar refractivity (Wildman–Crippen MR) is 127 cm³/mol. The lowest BCUT2D eigenvalue weighted by molar-refractivity contribution is 0.129. The Bertz CT molecular complexity index is 866. The minimum Gasteiger partial charge on any atom is -0.497 e. The van der Waals surface area contributed by atoms with Crippen LogP contribution in [0.1, 0.15) is 48.4 Å². The van der Waals surface area contributed by atoms with Gasteiger partial charge in [-0.2, -0.15) is 0 Å². The number of hydrogen-bond donors (Lipinski definition) is 0. The summed E-state index contributed by atoms with van der Waals surface area (Å²) in [6.07, 6.45) is 11.6. The number of aromatic nitrogens is 2. The van der Waals surface area contributed by atoms with Crippen LogP contribution in [0.2, 0.25) is 0 Å². The summed E-state index contributed by atoms with van der Waals surface area (Å²) < 4.78 is 11.0. The van der Waals surface area contributed by atoms with Crippen LogP contribution in [-0.4, -0.2) is 60.1 Å². The van der Waals surface area contributed by atoms with Gasteiger partial charge in [-0.15, -0.1) is 0 Å². The van der Waals surface area contributed by atoms with Crippen LogP contribution in [0.5, 0.6) is 5.75 Å². The standard InChI is InChI=1S/C25H33N3O2S/c1-19-16-26-25(31-18-23-8-5-15-30-23)27-24(19)21-7-4-14-28(17-21)13-3-6-20-9-11-22(29-2)12-10-20/h3,6,9-12,16,21,23H,4-5,7-8,13-15,17-18H2,1-2H3/b6-3+. The average Bonchev–Trinajstić information content (AvgIpc) is 3.33. The summed E-state index contributed by atoms with van der Waals surface area (Å²) in [5.41, 5.74) is 3.64. The maximum atomic E-state index is 5.74. The van der Waals surface area contributed by atoms with Crippen molar-refractivity contribution in [3.63, 3.8) is 0 Å². The van der Waals surface area contributed by atoms with Crippen LogP contribution in [0.3, 0.4) is 0 Å². The maximum absolute atomic E-state index is 5.74. The summed E-state index contributed by atoms with van der Waals surface area (Å²) in [6, 6.07) is 8.19. The van der Waals surface area contributed by atoms with E-state index in [0.29, 0.717) is 12.0 Å². The first-order valence-corrected chi connectivity index (χ1v) is 12.3. The summed E-state index contributed by atoms with van der Waals surface area (Å²) in [7, 11) is 1.70. The smallest absolute Gasteiger partial charge is 0.187 e. The molecule has 2 unspecified atom stereocenters. The fraction of sp³-hybridized carbons (Fsp3) is 0.520. The van der Waals surface area contributed by atoms with Gasteiger partial charge in [0.15, 0.2) is 5.16 Å². The molecule has 5 nitrogen and oxygen atoms in total. The van der Waals surface area contributed by atoms with E-state index >= 15 is 0 Å². The lowest BCUT2D eigenvalue weighted by Crippen LogP contribution is -2.35. The molecular formula is C25H33N3O2S. The largest absolute Gasteiger partial charge is 0.497 e. The quantitative estimate of drug-likeness (QED) is 0.428. The number of benzene rings is 1. The summed E-state index contributed by atoms with van der Waals surface area (Å²) >= 11 is 1.74. The Morgan fingerprint density at radius 3 is 2.87 bits per heavy atom. The molecule has 0 radical (unpaired) electrons. The van der Waals surface area contributed by atoms with Crippen LogP contribution >= 0.6 is 11.8 Å². The number of aryl methyl sites for hydroxylation is 1. The van der Waals surface area contributed by atoms with E-state index in [2.05, 4.69) is 41.1 Å². The van der Waals surface area contributed by atoms with Gasteiger partial charge in [0.1, 0.15) is 5.75 Å². The third kappa shape index (κ3) is 6.31. The zero-order chi connectivity index (χ0) is 21.5. The third-order valence-corrected chi connectivity index (χ3v) is 7.09. The van der Waals surface area contributed by atoms with E-state index in [1.54, 1.807) is 18.9 Å². The summed E-state index contributed by atoms with van der Waals surface area (Å²) in [5.74, 6) is 2.33. The zero-order valence-corrected chi connectivity index (χ0v) is 19.4. The van der Waals surface area contributed by atoms with Crippen LogP contribution in [0.15, 0.2) is 41.7 Å². The first-order valence-electron chi connectivity index (χ1n) is 11.3. The molecule has 2 aliphatic rings. The summed E-state index contributed by atoms with van der Waals surface area (Å²) in [4.78, 5) is 12.1. The molecule has 0 amide bonds. The van der Waals surface area contributed by atoms with E-state index in [1.807, 2.05) is 18.3 Å². The number of piperidine rings is 1. The van der Waals surface area contributed by atoms with Crippen LogP contribution < -0.4 is 4.74 Å². The monoisotopic (exact) mass is 439 g/mol. The zero-order valence-electron chi connectivity index (χ0n) is 18.6. The highest BCUT2D eigenvalue weighted by Gasteiger charge is 2.24. The summed E-state index contributed by atoms with van der Waals surface area (Å²) in [5, 5.41) is 0.896. The molecule has 2 aromatic rings. The lowest BCUT2D eigenvalue weighted by Gasteiger charge is -2.32. The minimum atomic E-state index is 0.362. The molecule has 0 aliphatic carbocycles. The van der Waals surface area contributed by atoms with Crippen molar-refractivity contribution < 1.29 is 9.47 Å². The normalized spacial score (nSPS) is 22.3. The second-order valence-corrected chi connectivity index (χ2v) is 9.43. The van der Waals surface area contributed by atoms with Gasteiger partial charge in [0.05, 0.1) is 18.9 Å². The average molecular weight is 440 g/mol. The first kappa shape index (κ1) is 22.3. The Hall–Kier alpha value is -1.89. The van der Waals surface area contributed by atoms with E-state index in [4.69, 9.17) is 14.5 Å². The van der Waals surface area contributed by atoms with Crippen LogP contribution in [0.25, 0.3) is 6.08 Å². The van der Waals surface area contributed by atoms with Gasteiger partial charge in [-0.05, 0) is 62.4 Å². The van der Waals surface area contributed by atoms with Crippen LogP contribution in [0, 0.1) is 6.92 Å². The fourth-order valence-corrected chi connectivity index (χ4v) is 5.25. The van der Waals surface area contributed by atoms with Crippen molar-refractivity contribution in [3.8, 4) is 5.75 Å². The molecule has 1 aromatic heterocycles. The second-order valence-electron chi connectivity index (χ2n) is 8.44. The third-order valence-electron chi connectivity index (χ3n) is 6.09. The number of methoxy groups -OCH3 is 1. The molecule has 2 aliphatic heterocycles. The molecule has 6 heteroatoms. The topological polar surface area (TPSA) is 47.5 Å². The molecule has 166 valence electrons. The Labute approximate surface area is 190 Å². The van der Waals surface area contributed by atoms with Crippen molar-refractivity contribution in [2.24, 2.45) is 0 Å². The van der Waals surface area contributed by atoms with Crippen LogP contribution in [-0.2, 0) is 4.74 Å². The van der Waals surface area contributed by atoms with Gasteiger partial charge >= 0.3 is 0 Å². The number of likely N-dealkylation sites (tertiary alicyclic amines) is 1. The molecule has 0 saturated carbocycles. The van der Waals surface area contributed by atoms with Gasteiger partial charge in [-0.3, -0.25) is 4.90 Å². The van der Waals surface area contributed by atoms with Crippen LogP contribution in [0.4, 0.5) is 0 Å². The number of thioether (sulfide) groups is 1. The highest BCUT2D eigenvalue weighted by Crippen LogP contribution is 2.29. The molecule has 0 N–H and O–H groups in total. The predicted octanol–water partition coefficient (Wildman–Crippen LogP) is 4.96. The van der Waals surface area contributed by atoms with E-state index in [0.717, 1.165) is 49.3 Å². The van der Waals surface area contributed by atoms with E-state index in [-0.39, 0.29) is 0 Å². The number of nitrogens with zero attached hydrogens (tertiary/aromatic N) is 3. The SMILES string of the molecule is COc1ccc(/C=C/CN2CCCC(c3nc(SCC4CCCO4)ncc3C)C2)cc1. The molecule has 0 spiro atoms. The Morgan fingerprint density at radius 1 is 1.23 bits per heavy atom. The van der Waals surface area contributed by atoms with Gasteiger partial charge in [-0.25, -0.2) is 9.97 Å². The molecule has 2 fully saturated rings. The van der Waals surface area contributed by atoms with Crippen molar-refractivity contribution in [1.82, 2.24) is 14.9 Å². The molecule has 0 bridgehead atoms. The summed E-state index contributed by atoms with van der Waals surface area (Å²) in [6.45, 7) is 6.21. The minimum absolute atomic E-state index is 0.362. The Kier molecular flexibility index (Phi) is 8.00. The molecule has 3 heterocycles. The Balaban J connectivity index is 1.33. The first-order chi connectivity index (χ1) is 15.2. The van der Waals surface area contributed by atoms with Crippen molar-refractivity contribution in [2.45, 2.75) is 49.8 Å². The highest BCUT2D eigenvalue weighted by molar-refractivity contribution is 7.99. The van der Waals surface area contributed by atoms with Gasteiger partial charge in [-0.1, -0.05) is 36.0 Å². The lowest BCUT2D eigenvalue weighted by atomic mass is 9.92. The van der Waals surface area contributed by atoms with E-state index in [9.17, 15) is 0 Å². The van der Waals surface area contributed by atoms with E-state index < -0.39 is 0 Å². The number of rotatable bonds is 8. The molecule has 2 saturated heterocycles.